The number of anilines is 1. The molecule has 0 radical (unpaired) electrons. The molecular weight excluding hydrogens is 340 g/mol. The van der Waals surface area contributed by atoms with Crippen LogP contribution < -0.4 is 4.90 Å². The molecule has 2 aromatic heterocycles. The average Bonchev–Trinajstić information content (AvgIpc) is 3.05. The maximum atomic E-state index is 11.0. The first-order valence-electron chi connectivity index (χ1n) is 8.19. The molecule has 0 bridgehead atoms. The smallest absolute Gasteiger partial charge is 0.290 e. The molecule has 3 rings (SSSR count). The minimum absolute atomic E-state index is 0.0140. The summed E-state index contributed by atoms with van der Waals surface area (Å²) in [6, 6.07) is 1.77. The van der Waals surface area contributed by atoms with Crippen LogP contribution in [0.2, 0.25) is 0 Å². The topological polar surface area (TPSA) is 81.4 Å². The van der Waals surface area contributed by atoms with Gasteiger partial charge in [0.25, 0.3) is 5.69 Å². The molecular formula is C17H22N4O3S. The lowest BCUT2D eigenvalue weighted by molar-refractivity contribution is -0.385. The number of hydrogen-bond donors (Lipinski definition) is 0. The molecule has 0 aliphatic carbocycles. The Morgan fingerprint density at radius 2 is 2.20 bits per heavy atom. The molecule has 1 saturated heterocycles. The van der Waals surface area contributed by atoms with Crippen molar-refractivity contribution < 1.29 is 9.66 Å². The fourth-order valence-corrected chi connectivity index (χ4v) is 3.77. The molecule has 0 spiro atoms. The standard InChI is InChI=1S/C17H22N4O3S/c1-11-7-15(18-8-12(11)21(22)23)20-5-6-24-13(9-20)16-19-14(10-25-16)17(2,3)4/h7-8,10,13H,5-6,9H2,1-4H3. The van der Waals surface area contributed by atoms with E-state index in [1.54, 1.807) is 24.3 Å². The van der Waals surface area contributed by atoms with E-state index in [-0.39, 0.29) is 17.2 Å². The number of aryl methyl sites for hydroxylation is 1. The van der Waals surface area contributed by atoms with Gasteiger partial charge in [0.1, 0.15) is 23.1 Å². The van der Waals surface area contributed by atoms with E-state index < -0.39 is 4.92 Å². The average molecular weight is 362 g/mol. The lowest BCUT2D eigenvalue weighted by Gasteiger charge is -2.33. The molecule has 0 aromatic carbocycles. The lowest BCUT2D eigenvalue weighted by Crippen LogP contribution is -2.39. The summed E-state index contributed by atoms with van der Waals surface area (Å²) in [5, 5.41) is 14.0. The van der Waals surface area contributed by atoms with Crippen molar-refractivity contribution in [2.75, 3.05) is 24.6 Å². The zero-order chi connectivity index (χ0) is 18.2. The second kappa shape index (κ2) is 6.68. The van der Waals surface area contributed by atoms with Crippen LogP contribution in [0.1, 0.15) is 43.1 Å². The van der Waals surface area contributed by atoms with Crippen molar-refractivity contribution in [3.8, 4) is 0 Å². The summed E-state index contributed by atoms with van der Waals surface area (Å²) in [5.41, 5.74) is 1.74. The summed E-state index contributed by atoms with van der Waals surface area (Å²) in [5.74, 6) is 0.740. The highest BCUT2D eigenvalue weighted by atomic mass is 32.1. The Bertz CT molecular complexity index is 784. The number of hydrogen-bond acceptors (Lipinski definition) is 7. The Labute approximate surface area is 150 Å². The Kier molecular flexibility index (Phi) is 4.75. The Hall–Kier alpha value is -2.06. The van der Waals surface area contributed by atoms with E-state index in [1.165, 1.54) is 6.20 Å². The lowest BCUT2D eigenvalue weighted by atomic mass is 9.93. The van der Waals surface area contributed by atoms with Gasteiger partial charge in [0.15, 0.2) is 0 Å². The van der Waals surface area contributed by atoms with Gasteiger partial charge in [-0.1, -0.05) is 20.8 Å². The normalized spacial score (nSPS) is 18.4. The molecule has 1 unspecified atom stereocenters. The fourth-order valence-electron chi connectivity index (χ4n) is 2.68. The maximum absolute atomic E-state index is 11.0. The van der Waals surface area contributed by atoms with Gasteiger partial charge in [0.05, 0.1) is 23.8 Å². The van der Waals surface area contributed by atoms with Crippen molar-refractivity contribution >= 4 is 22.8 Å². The van der Waals surface area contributed by atoms with Gasteiger partial charge in [-0.15, -0.1) is 11.3 Å². The van der Waals surface area contributed by atoms with Crippen LogP contribution in [0.3, 0.4) is 0 Å². The predicted octanol–water partition coefficient (Wildman–Crippen LogP) is 3.63. The number of rotatable bonds is 3. The molecule has 25 heavy (non-hydrogen) atoms. The number of pyridine rings is 1. The van der Waals surface area contributed by atoms with Crippen LogP contribution in [0.25, 0.3) is 0 Å². The van der Waals surface area contributed by atoms with Crippen molar-refractivity contribution in [1.29, 1.82) is 0 Å². The highest BCUT2D eigenvalue weighted by Gasteiger charge is 2.27. The van der Waals surface area contributed by atoms with E-state index in [4.69, 9.17) is 9.72 Å². The molecule has 1 atom stereocenters. The van der Waals surface area contributed by atoms with E-state index in [0.29, 0.717) is 25.3 Å². The third kappa shape index (κ3) is 3.80. The molecule has 1 aliphatic rings. The van der Waals surface area contributed by atoms with Gasteiger partial charge in [-0.05, 0) is 13.0 Å². The van der Waals surface area contributed by atoms with Crippen LogP contribution in [0, 0.1) is 17.0 Å². The van der Waals surface area contributed by atoms with Crippen LogP contribution in [0.4, 0.5) is 11.5 Å². The van der Waals surface area contributed by atoms with Crippen molar-refractivity contribution in [3.63, 3.8) is 0 Å². The number of nitrogens with zero attached hydrogens (tertiary/aromatic N) is 4. The summed E-state index contributed by atoms with van der Waals surface area (Å²) >= 11 is 1.62. The third-order valence-electron chi connectivity index (χ3n) is 4.22. The molecule has 0 saturated carbocycles. The van der Waals surface area contributed by atoms with Crippen LogP contribution in [0.15, 0.2) is 17.6 Å². The number of nitro groups is 1. The van der Waals surface area contributed by atoms with Gasteiger partial charge < -0.3 is 9.64 Å². The van der Waals surface area contributed by atoms with Gasteiger partial charge >= 0.3 is 0 Å². The van der Waals surface area contributed by atoms with Crippen LogP contribution in [0.5, 0.6) is 0 Å². The van der Waals surface area contributed by atoms with Crippen LogP contribution in [-0.2, 0) is 10.2 Å². The zero-order valence-electron chi connectivity index (χ0n) is 14.9. The van der Waals surface area contributed by atoms with Crippen molar-refractivity contribution in [2.45, 2.75) is 39.2 Å². The quantitative estimate of drug-likeness (QED) is 0.612. The molecule has 0 amide bonds. The minimum atomic E-state index is -0.405. The number of aromatic nitrogens is 2. The molecule has 0 N–H and O–H groups in total. The third-order valence-corrected chi connectivity index (χ3v) is 5.16. The van der Waals surface area contributed by atoms with E-state index in [1.807, 2.05) is 0 Å². The first-order valence-corrected chi connectivity index (χ1v) is 9.07. The zero-order valence-corrected chi connectivity index (χ0v) is 15.7. The van der Waals surface area contributed by atoms with E-state index in [2.05, 4.69) is 36.0 Å². The van der Waals surface area contributed by atoms with Crippen molar-refractivity contribution in [1.82, 2.24) is 9.97 Å². The minimum Gasteiger partial charge on any atom is -0.367 e. The largest absolute Gasteiger partial charge is 0.367 e. The van der Waals surface area contributed by atoms with Crippen molar-refractivity contribution in [2.24, 2.45) is 0 Å². The van der Waals surface area contributed by atoms with E-state index >= 15 is 0 Å². The summed E-state index contributed by atoms with van der Waals surface area (Å²) in [7, 11) is 0. The second-order valence-corrected chi connectivity index (χ2v) is 8.10. The molecule has 134 valence electrons. The molecule has 1 aliphatic heterocycles. The first-order chi connectivity index (χ1) is 11.8. The Morgan fingerprint density at radius 3 is 2.80 bits per heavy atom. The maximum Gasteiger partial charge on any atom is 0.290 e. The summed E-state index contributed by atoms with van der Waals surface area (Å²) < 4.78 is 5.90. The fraction of sp³-hybridized carbons (Fsp3) is 0.529. The number of thiazole rings is 1. The predicted molar refractivity (Wildman–Crippen MR) is 97.3 cm³/mol. The molecule has 7 nitrogen and oxygen atoms in total. The van der Waals surface area contributed by atoms with Gasteiger partial charge in [-0.2, -0.15) is 0 Å². The summed E-state index contributed by atoms with van der Waals surface area (Å²) in [6.07, 6.45) is 1.23. The highest BCUT2D eigenvalue weighted by Crippen LogP contribution is 2.31. The molecule has 2 aromatic rings. The Balaban J connectivity index is 1.78. The summed E-state index contributed by atoms with van der Waals surface area (Å²) in [6.45, 7) is 10.1. The monoisotopic (exact) mass is 362 g/mol. The number of morpholine rings is 1. The Morgan fingerprint density at radius 1 is 1.44 bits per heavy atom. The van der Waals surface area contributed by atoms with Gasteiger partial charge in [-0.25, -0.2) is 9.97 Å². The van der Waals surface area contributed by atoms with Crippen LogP contribution in [-0.4, -0.2) is 34.6 Å². The molecule has 8 heteroatoms. The van der Waals surface area contributed by atoms with Crippen LogP contribution >= 0.6 is 11.3 Å². The first kappa shape index (κ1) is 17.8. The number of ether oxygens (including phenoxy) is 1. The summed E-state index contributed by atoms with van der Waals surface area (Å²) in [4.78, 5) is 21.7. The van der Waals surface area contributed by atoms with Crippen molar-refractivity contribution in [3.05, 3.63) is 44.0 Å². The van der Waals surface area contributed by atoms with Gasteiger partial charge in [0, 0.05) is 22.9 Å². The molecule has 1 fully saturated rings. The molecule has 3 heterocycles. The highest BCUT2D eigenvalue weighted by molar-refractivity contribution is 7.09. The second-order valence-electron chi connectivity index (χ2n) is 7.21. The SMILES string of the molecule is Cc1cc(N2CCOC(c3nc(C(C)(C)C)cs3)C2)ncc1[N+](=O)[O-]. The van der Waals surface area contributed by atoms with Gasteiger partial charge in [-0.3, -0.25) is 10.1 Å². The van der Waals surface area contributed by atoms with Gasteiger partial charge in [0.2, 0.25) is 0 Å². The van der Waals surface area contributed by atoms with E-state index in [9.17, 15) is 10.1 Å². The van der Waals surface area contributed by atoms with E-state index in [0.717, 1.165) is 16.5 Å².